The zero-order valence-electron chi connectivity index (χ0n) is 59.1. The highest BCUT2D eigenvalue weighted by Crippen LogP contribution is 2.51. The normalized spacial score (nSPS) is 15.3. The number of aromatic carboxylic acids is 1. The summed E-state index contributed by atoms with van der Waals surface area (Å²) in [6.07, 6.45) is 6.25. The number of carboxylic acid groups (broad SMARTS) is 2. The molecule has 24 nitrogen and oxygen atoms in total. The largest absolute Gasteiger partial charge is 0.497 e. The lowest BCUT2D eigenvalue weighted by Gasteiger charge is -2.24. The molecule has 2 fully saturated rings. The van der Waals surface area contributed by atoms with Gasteiger partial charge in [0.15, 0.2) is 0 Å². The monoisotopic (exact) mass is 1450 g/mol. The predicted octanol–water partition coefficient (Wildman–Crippen LogP) is 10.8. The number of carbonyl (C=O) groups excluding carboxylic acids is 3. The third kappa shape index (κ3) is 18.7. The first-order valence-corrected chi connectivity index (χ1v) is 36.5. The Morgan fingerprint density at radius 3 is 1.26 bits per heavy atom. The van der Waals surface area contributed by atoms with Crippen LogP contribution in [0.15, 0.2) is 83.9 Å². The van der Waals surface area contributed by atoms with E-state index in [0.29, 0.717) is 53.1 Å². The molecule has 101 heavy (non-hydrogen) atoms. The van der Waals surface area contributed by atoms with Crippen molar-refractivity contribution >= 4 is 83.1 Å². The average Bonchev–Trinajstić information content (AvgIpc) is 1.58. The minimum absolute atomic E-state index is 0.102. The van der Waals surface area contributed by atoms with Gasteiger partial charge in [-0.25, -0.2) is 24.7 Å². The van der Waals surface area contributed by atoms with Gasteiger partial charge < -0.3 is 52.8 Å². The SMILES string of the molecule is COc1ccc2c(c1)C(C)=C(C(=O)N(C)CCOCCN(C)S(N)(=O)=O)Cn1c-2c(C2CCCCC2)c2ccc(C(=O)O)cc21.COc1ccc2c(c1)C(C)=C(C(=O)N(C)CCOCCN(C)S(N)(=O)=O)Cn1c-2c(C2CCCCC2)c2ccc(C(=O)OC(C)(C)C)cc21.O=C(O)C(F)(F)F. The summed E-state index contributed by atoms with van der Waals surface area (Å²) < 4.78 is 112. The Bertz CT molecular complexity index is 4390. The van der Waals surface area contributed by atoms with Crippen molar-refractivity contribution in [1.29, 1.82) is 0 Å². The van der Waals surface area contributed by atoms with Crippen LogP contribution in [-0.2, 0) is 62.1 Å². The van der Waals surface area contributed by atoms with Crippen molar-refractivity contribution in [3.8, 4) is 34.0 Å². The van der Waals surface area contributed by atoms with E-state index >= 15 is 0 Å². The molecule has 10 rings (SSSR count). The quantitative estimate of drug-likeness (QED) is 0.0362. The number of esters is 1. The molecular formula is C72H93F3N8O16S2. The number of carboxylic acids is 2. The molecule has 2 saturated carbocycles. The van der Waals surface area contributed by atoms with Gasteiger partial charge in [-0.05, 0) is 166 Å². The molecule has 0 radical (unpaired) electrons. The number of nitrogens with zero attached hydrogens (tertiary/aromatic N) is 6. The van der Waals surface area contributed by atoms with Gasteiger partial charge in [0.05, 0.1) is 76.3 Å². The number of fused-ring (bicyclic) bond motifs is 10. The number of hydrogen-bond donors (Lipinski definition) is 4. The standard InChI is InChI=1S/C37H50N4O7S.C33H42N4O7S.C2HF3O2/c1-24-30-22-27(46-7)14-16-28(30)34-33(25-11-9-8-10-12-25)29-15-13-26(36(43)48-37(2,3)4)21-32(29)41(34)23-31(24)35(42)39(5)17-19-47-20-18-40(6)49(38,44)45;1-21-27-19-24(43-4)11-13-25(27)31-30(22-8-6-5-7-9-22)26-12-10-23(33(39)40)18-29(26)37(31)20-28(21)32(38)35(2)14-16-44-17-15-36(3)45(34,41)42;3-2(4,5)1(6)7/h13-16,21-22,25H,8-12,17-20,23H2,1-7H3,(H2,38,44,45);10-13,18-19,22H,5-9,14-17,20H2,1-4H3,(H,39,40)(H2,34,41,42);(H,6,7). The number of allylic oxidation sites excluding steroid dienone is 2. The molecule has 2 amide bonds. The molecule has 0 unspecified atom stereocenters. The number of aromatic nitrogens is 2. The van der Waals surface area contributed by atoms with Crippen molar-refractivity contribution in [3.05, 3.63) is 117 Å². The highest BCUT2D eigenvalue weighted by atomic mass is 32.2. The Morgan fingerprint density at radius 1 is 0.545 bits per heavy atom. The molecule has 29 heteroatoms. The molecule has 0 spiro atoms. The molecule has 0 bridgehead atoms. The zero-order valence-corrected chi connectivity index (χ0v) is 60.8. The maximum atomic E-state index is 14.3. The van der Waals surface area contributed by atoms with Crippen molar-refractivity contribution in [3.63, 3.8) is 0 Å². The Hall–Kier alpha value is -8.16. The van der Waals surface area contributed by atoms with Gasteiger partial charge in [0.1, 0.15) is 17.1 Å². The zero-order chi connectivity index (χ0) is 74.2. The van der Waals surface area contributed by atoms with Crippen molar-refractivity contribution in [2.45, 2.75) is 136 Å². The van der Waals surface area contributed by atoms with Crippen LogP contribution < -0.4 is 19.8 Å². The van der Waals surface area contributed by atoms with Gasteiger partial charge in [0.25, 0.3) is 32.2 Å². The molecule has 2 aromatic heterocycles. The van der Waals surface area contributed by atoms with E-state index in [4.69, 9.17) is 43.9 Å². The lowest BCUT2D eigenvalue weighted by molar-refractivity contribution is -0.192. The number of methoxy groups -OCH3 is 2. The second-order valence-corrected chi connectivity index (χ2v) is 30.2. The second-order valence-electron chi connectivity index (χ2n) is 26.9. The number of nitrogens with two attached hydrogens (primary N) is 2. The summed E-state index contributed by atoms with van der Waals surface area (Å²) in [4.78, 5) is 65.9. The van der Waals surface area contributed by atoms with E-state index in [1.165, 1.54) is 38.1 Å². The fourth-order valence-electron chi connectivity index (χ4n) is 13.4. The van der Waals surface area contributed by atoms with Gasteiger partial charge in [-0.3, -0.25) is 9.59 Å². The first kappa shape index (κ1) is 78.6. The smallest absolute Gasteiger partial charge is 0.490 e. The van der Waals surface area contributed by atoms with Crippen molar-refractivity contribution in [2.75, 3.05) is 95.0 Å². The average molecular weight is 1450 g/mol. The summed E-state index contributed by atoms with van der Waals surface area (Å²) >= 11 is 0. The molecule has 4 aliphatic rings. The molecule has 4 heterocycles. The van der Waals surface area contributed by atoms with Crippen molar-refractivity contribution < 1.29 is 87.9 Å². The molecule has 6 N–H and O–H groups in total. The number of hydrogen-bond acceptors (Lipinski definition) is 14. The summed E-state index contributed by atoms with van der Waals surface area (Å²) in [5.41, 5.74) is 13.1. The number of carbonyl (C=O) groups is 5. The van der Waals surface area contributed by atoms with Crippen LogP contribution in [-0.4, -0.2) is 191 Å². The van der Waals surface area contributed by atoms with Crippen LogP contribution in [0.5, 0.6) is 11.5 Å². The Morgan fingerprint density at radius 2 is 0.911 bits per heavy atom. The fraction of sp³-hybridized carbons (Fsp3) is 0.486. The van der Waals surface area contributed by atoms with Crippen molar-refractivity contribution in [2.24, 2.45) is 10.3 Å². The molecule has 6 aromatic rings. The summed E-state index contributed by atoms with van der Waals surface area (Å²) in [6, 6.07) is 23.2. The van der Waals surface area contributed by atoms with Crippen LogP contribution in [0.4, 0.5) is 13.2 Å². The third-order valence-electron chi connectivity index (χ3n) is 19.0. The van der Waals surface area contributed by atoms with Gasteiger partial charge >= 0.3 is 24.1 Å². The van der Waals surface area contributed by atoms with E-state index in [-0.39, 0.29) is 76.0 Å². The topological polar surface area (TPSA) is 315 Å². The lowest BCUT2D eigenvalue weighted by atomic mass is 9.81. The number of likely N-dealkylation sites (N-methyl/N-ethyl adjacent to an activating group) is 4. The number of benzene rings is 4. The number of amides is 2. The molecule has 4 aromatic carbocycles. The molecule has 550 valence electrons. The first-order valence-electron chi connectivity index (χ1n) is 33.5. The van der Waals surface area contributed by atoms with Crippen LogP contribution >= 0.6 is 0 Å². The van der Waals surface area contributed by atoms with E-state index in [2.05, 4.69) is 27.3 Å². The van der Waals surface area contributed by atoms with Crippen LogP contribution in [0.3, 0.4) is 0 Å². The molecule has 2 aliphatic carbocycles. The third-order valence-corrected chi connectivity index (χ3v) is 21.1. The maximum absolute atomic E-state index is 14.3. The minimum atomic E-state index is -5.08. The number of halogens is 3. The van der Waals surface area contributed by atoms with Crippen LogP contribution in [0.2, 0.25) is 0 Å². The number of rotatable bonds is 22. The van der Waals surface area contributed by atoms with Gasteiger partial charge in [-0.1, -0.05) is 50.7 Å². The van der Waals surface area contributed by atoms with Gasteiger partial charge in [0, 0.05) is 98.4 Å². The minimum Gasteiger partial charge on any atom is -0.497 e. The maximum Gasteiger partial charge on any atom is 0.490 e. The number of alkyl halides is 3. The molecule has 2 aliphatic heterocycles. The summed E-state index contributed by atoms with van der Waals surface area (Å²) in [6.45, 7) is 11.6. The van der Waals surface area contributed by atoms with E-state index in [1.54, 1.807) is 50.2 Å². The summed E-state index contributed by atoms with van der Waals surface area (Å²) in [5, 5.41) is 29.4. The van der Waals surface area contributed by atoms with Gasteiger partial charge in [0.2, 0.25) is 0 Å². The predicted molar refractivity (Wildman–Crippen MR) is 379 cm³/mol. The first-order chi connectivity index (χ1) is 47.5. The van der Waals surface area contributed by atoms with Gasteiger partial charge in [-0.2, -0.15) is 38.6 Å². The molecular weight excluding hydrogens is 1350 g/mol. The van der Waals surface area contributed by atoms with E-state index in [9.17, 15) is 54.3 Å². The second kappa shape index (κ2) is 32.9. The molecule has 0 saturated heterocycles. The van der Waals surface area contributed by atoms with Crippen LogP contribution in [0.1, 0.15) is 154 Å². The Labute approximate surface area is 587 Å². The lowest BCUT2D eigenvalue weighted by Crippen LogP contribution is -2.36. The Balaban J connectivity index is 0.000000235. The number of ether oxygens (including phenoxy) is 5. The van der Waals surface area contributed by atoms with E-state index < -0.39 is 44.1 Å². The highest BCUT2D eigenvalue weighted by molar-refractivity contribution is 7.87. The fourth-order valence-corrected chi connectivity index (χ4v) is 14.1. The van der Waals surface area contributed by atoms with E-state index in [1.807, 2.05) is 77.1 Å². The molecule has 0 atom stereocenters. The van der Waals surface area contributed by atoms with Crippen LogP contribution in [0, 0.1) is 0 Å². The van der Waals surface area contributed by atoms with E-state index in [0.717, 1.165) is 127 Å². The number of aliphatic carboxylic acids is 1. The Kier molecular flexibility index (Phi) is 25.6. The highest BCUT2D eigenvalue weighted by Gasteiger charge is 2.39. The van der Waals surface area contributed by atoms with Crippen LogP contribution in [0.25, 0.3) is 55.5 Å². The summed E-state index contributed by atoms with van der Waals surface area (Å²) in [5.74, 6) is -2.40. The van der Waals surface area contributed by atoms with Crippen molar-refractivity contribution in [1.82, 2.24) is 27.5 Å². The van der Waals surface area contributed by atoms with Gasteiger partial charge in [-0.15, -0.1) is 0 Å². The summed E-state index contributed by atoms with van der Waals surface area (Å²) in [7, 11) is 1.90.